The zero-order chi connectivity index (χ0) is 13.2. The Hall–Kier alpha value is -1.30. The van der Waals surface area contributed by atoms with Crippen LogP contribution in [0.25, 0.3) is 0 Å². The number of benzene rings is 1. The molecule has 0 amide bonds. The average molecular weight is 262 g/mol. The van der Waals surface area contributed by atoms with Gasteiger partial charge in [-0.3, -0.25) is 0 Å². The molecule has 1 saturated heterocycles. The molecule has 0 saturated carbocycles. The van der Waals surface area contributed by atoms with Crippen LogP contribution in [-0.4, -0.2) is 26.2 Å². The molecule has 0 atom stereocenters. The van der Waals surface area contributed by atoms with Gasteiger partial charge < -0.3 is 10.2 Å². The molecule has 0 bridgehead atoms. The quantitative estimate of drug-likeness (QED) is 0.824. The molecule has 0 aliphatic carbocycles. The van der Waals surface area contributed by atoms with Gasteiger partial charge in [0.2, 0.25) is 0 Å². The molecule has 0 radical (unpaired) electrons. The van der Waals surface area contributed by atoms with Gasteiger partial charge >= 0.3 is 6.18 Å². The van der Waals surface area contributed by atoms with Crippen LogP contribution >= 0.6 is 0 Å². The maximum absolute atomic E-state index is 13.0. The first-order valence-electron chi connectivity index (χ1n) is 5.74. The molecule has 1 N–H and O–H groups in total. The fraction of sp³-hybridized carbons (Fsp3) is 0.500. The second kappa shape index (κ2) is 5.14. The molecule has 18 heavy (non-hydrogen) atoms. The van der Waals surface area contributed by atoms with E-state index in [9.17, 15) is 17.6 Å². The van der Waals surface area contributed by atoms with E-state index in [4.69, 9.17) is 0 Å². The minimum atomic E-state index is -4.45. The molecule has 0 unspecified atom stereocenters. The maximum Gasteiger partial charge on any atom is 0.418 e. The summed E-state index contributed by atoms with van der Waals surface area (Å²) in [5, 5.41) is 3.08. The van der Waals surface area contributed by atoms with Gasteiger partial charge in [-0.2, -0.15) is 13.2 Å². The summed E-state index contributed by atoms with van der Waals surface area (Å²) < 4.78 is 51.3. The molecule has 1 aromatic carbocycles. The summed E-state index contributed by atoms with van der Waals surface area (Å²) in [5.74, 6) is 0. The molecular weight excluding hydrogens is 248 g/mol. The minimum Gasteiger partial charge on any atom is -0.368 e. The average Bonchev–Trinajstić information content (AvgIpc) is 2.38. The van der Waals surface area contributed by atoms with E-state index in [0.29, 0.717) is 26.2 Å². The lowest BCUT2D eigenvalue weighted by Gasteiger charge is -2.31. The standard InChI is InChI=1S/C12H14F4N2/c13-8-9-1-2-11(10(7-9)12(14,15)16)18-5-3-17-4-6-18/h1-2,7,17H,3-6,8H2. The molecular formula is C12H14F4N2. The number of hydrogen-bond acceptors (Lipinski definition) is 2. The van der Waals surface area contributed by atoms with Crippen molar-refractivity contribution >= 4 is 5.69 Å². The molecule has 1 aliphatic heterocycles. The minimum absolute atomic E-state index is 0.0567. The first kappa shape index (κ1) is 13.1. The lowest BCUT2D eigenvalue weighted by atomic mass is 10.1. The van der Waals surface area contributed by atoms with Crippen molar-refractivity contribution in [1.29, 1.82) is 0 Å². The van der Waals surface area contributed by atoms with Crippen LogP contribution in [0.5, 0.6) is 0 Å². The van der Waals surface area contributed by atoms with E-state index in [1.165, 1.54) is 12.1 Å². The lowest BCUT2D eigenvalue weighted by Crippen LogP contribution is -2.44. The molecule has 1 aromatic rings. The van der Waals surface area contributed by atoms with Crippen molar-refractivity contribution in [2.75, 3.05) is 31.1 Å². The van der Waals surface area contributed by atoms with Gasteiger partial charge in [0.25, 0.3) is 0 Å². The Kier molecular flexibility index (Phi) is 3.75. The Bertz CT molecular complexity index is 411. The van der Waals surface area contributed by atoms with E-state index in [1.807, 2.05) is 0 Å². The van der Waals surface area contributed by atoms with E-state index < -0.39 is 18.4 Å². The van der Waals surface area contributed by atoms with Crippen molar-refractivity contribution < 1.29 is 17.6 Å². The molecule has 1 heterocycles. The highest BCUT2D eigenvalue weighted by Crippen LogP contribution is 2.37. The number of nitrogens with zero attached hydrogens (tertiary/aromatic N) is 1. The monoisotopic (exact) mass is 262 g/mol. The van der Waals surface area contributed by atoms with Crippen LogP contribution in [0, 0.1) is 0 Å². The van der Waals surface area contributed by atoms with Gasteiger partial charge in [-0.15, -0.1) is 0 Å². The fourth-order valence-corrected chi connectivity index (χ4v) is 2.07. The van der Waals surface area contributed by atoms with Crippen LogP contribution in [0.4, 0.5) is 23.2 Å². The number of rotatable bonds is 2. The predicted molar refractivity (Wildman–Crippen MR) is 61.3 cm³/mol. The second-order valence-corrected chi connectivity index (χ2v) is 4.22. The van der Waals surface area contributed by atoms with Crippen LogP contribution in [-0.2, 0) is 12.9 Å². The van der Waals surface area contributed by atoms with Crippen molar-refractivity contribution in [3.8, 4) is 0 Å². The molecule has 2 rings (SSSR count). The number of piperazine rings is 1. The fourth-order valence-electron chi connectivity index (χ4n) is 2.07. The van der Waals surface area contributed by atoms with Crippen molar-refractivity contribution in [1.82, 2.24) is 5.32 Å². The van der Waals surface area contributed by atoms with Gasteiger partial charge in [-0.25, -0.2) is 4.39 Å². The zero-order valence-electron chi connectivity index (χ0n) is 9.73. The number of nitrogens with one attached hydrogen (secondary N) is 1. The van der Waals surface area contributed by atoms with Crippen LogP contribution in [0.2, 0.25) is 0 Å². The molecule has 1 aliphatic rings. The van der Waals surface area contributed by atoms with Gasteiger partial charge in [-0.05, 0) is 17.7 Å². The maximum atomic E-state index is 13.0. The first-order valence-corrected chi connectivity index (χ1v) is 5.74. The van der Waals surface area contributed by atoms with E-state index in [0.717, 1.165) is 6.07 Å². The number of halogens is 4. The van der Waals surface area contributed by atoms with Crippen molar-refractivity contribution in [3.05, 3.63) is 29.3 Å². The Morgan fingerprint density at radius 2 is 1.83 bits per heavy atom. The number of anilines is 1. The first-order chi connectivity index (χ1) is 8.52. The van der Waals surface area contributed by atoms with Crippen LogP contribution < -0.4 is 10.2 Å². The summed E-state index contributed by atoms with van der Waals surface area (Å²) in [6, 6.07) is 3.67. The van der Waals surface area contributed by atoms with E-state index in [1.54, 1.807) is 4.90 Å². The summed E-state index contributed by atoms with van der Waals surface area (Å²) >= 11 is 0. The molecule has 2 nitrogen and oxygen atoms in total. The molecule has 0 spiro atoms. The van der Waals surface area contributed by atoms with Gasteiger partial charge in [0.1, 0.15) is 6.67 Å². The van der Waals surface area contributed by atoms with Crippen molar-refractivity contribution in [2.45, 2.75) is 12.9 Å². The summed E-state index contributed by atoms with van der Waals surface area (Å²) in [7, 11) is 0. The third-order valence-electron chi connectivity index (χ3n) is 2.98. The Balaban J connectivity index is 2.38. The third kappa shape index (κ3) is 2.75. The van der Waals surface area contributed by atoms with Crippen molar-refractivity contribution in [3.63, 3.8) is 0 Å². The molecule has 6 heteroatoms. The number of hydrogen-bond donors (Lipinski definition) is 1. The highest BCUT2D eigenvalue weighted by atomic mass is 19.4. The SMILES string of the molecule is FCc1ccc(N2CCNCC2)c(C(F)(F)F)c1. The van der Waals surface area contributed by atoms with Crippen LogP contribution in [0.1, 0.15) is 11.1 Å². The van der Waals surface area contributed by atoms with E-state index in [-0.39, 0.29) is 11.3 Å². The van der Waals surface area contributed by atoms with Gasteiger partial charge in [0, 0.05) is 31.9 Å². The normalized spacial score (nSPS) is 17.0. The van der Waals surface area contributed by atoms with Gasteiger partial charge in [0.05, 0.1) is 5.56 Å². The molecule has 100 valence electrons. The van der Waals surface area contributed by atoms with Crippen molar-refractivity contribution in [2.24, 2.45) is 0 Å². The zero-order valence-corrected chi connectivity index (χ0v) is 9.73. The third-order valence-corrected chi connectivity index (χ3v) is 2.98. The smallest absolute Gasteiger partial charge is 0.368 e. The Morgan fingerprint density at radius 1 is 1.17 bits per heavy atom. The van der Waals surface area contributed by atoms with E-state index >= 15 is 0 Å². The lowest BCUT2D eigenvalue weighted by molar-refractivity contribution is -0.137. The summed E-state index contributed by atoms with van der Waals surface area (Å²) in [6.45, 7) is 1.48. The Morgan fingerprint density at radius 3 is 2.39 bits per heavy atom. The van der Waals surface area contributed by atoms with Gasteiger partial charge in [0.15, 0.2) is 0 Å². The second-order valence-electron chi connectivity index (χ2n) is 4.22. The Labute approximate surface area is 103 Å². The van der Waals surface area contributed by atoms with E-state index in [2.05, 4.69) is 5.32 Å². The largest absolute Gasteiger partial charge is 0.418 e. The number of alkyl halides is 4. The molecule has 1 fully saturated rings. The molecule has 0 aromatic heterocycles. The van der Waals surface area contributed by atoms with Crippen LogP contribution in [0.15, 0.2) is 18.2 Å². The van der Waals surface area contributed by atoms with Crippen LogP contribution in [0.3, 0.4) is 0 Å². The topological polar surface area (TPSA) is 15.3 Å². The summed E-state index contributed by atoms with van der Waals surface area (Å²) in [5.41, 5.74) is -0.554. The van der Waals surface area contributed by atoms with Gasteiger partial charge in [-0.1, -0.05) is 6.07 Å². The summed E-state index contributed by atoms with van der Waals surface area (Å²) in [6.07, 6.45) is -4.45. The summed E-state index contributed by atoms with van der Waals surface area (Å²) in [4.78, 5) is 1.68. The predicted octanol–water partition coefficient (Wildman–Crippen LogP) is 2.58. The highest BCUT2D eigenvalue weighted by molar-refractivity contribution is 5.56. The highest BCUT2D eigenvalue weighted by Gasteiger charge is 2.35.